The average Bonchev–Trinajstić information content (AvgIpc) is 2.89. The van der Waals surface area contributed by atoms with Crippen molar-refractivity contribution in [1.82, 2.24) is 10.6 Å². The van der Waals surface area contributed by atoms with Gasteiger partial charge in [0.25, 0.3) is 0 Å². The fourth-order valence-electron chi connectivity index (χ4n) is 2.53. The summed E-state index contributed by atoms with van der Waals surface area (Å²) in [7, 11) is 0.215. The first-order chi connectivity index (χ1) is 10.9. The predicted octanol–water partition coefficient (Wildman–Crippen LogP) is 0.938. The van der Waals surface area contributed by atoms with Crippen LogP contribution in [0.2, 0.25) is 0 Å². The van der Waals surface area contributed by atoms with Crippen LogP contribution in [-0.2, 0) is 16.4 Å². The van der Waals surface area contributed by atoms with Gasteiger partial charge in [-0.3, -0.25) is 0 Å². The third-order valence-corrected chi connectivity index (χ3v) is 5.64. The van der Waals surface area contributed by atoms with Gasteiger partial charge in [0.05, 0.1) is 25.7 Å². The molecule has 2 amide bonds. The molecule has 0 aromatic heterocycles. The Morgan fingerprint density at radius 3 is 2.65 bits per heavy atom. The van der Waals surface area contributed by atoms with E-state index in [0.717, 1.165) is 5.56 Å². The lowest BCUT2D eigenvalue weighted by atomic mass is 10.1. The SMILES string of the molecule is COc1ccc(OC)c(CNC(=O)NC[C@H]2CCS(=O)(=O)C2)c1. The van der Waals surface area contributed by atoms with Gasteiger partial charge in [-0.15, -0.1) is 0 Å². The van der Waals surface area contributed by atoms with Gasteiger partial charge in [-0.05, 0) is 30.5 Å². The molecule has 0 bridgehead atoms. The quantitative estimate of drug-likeness (QED) is 0.802. The summed E-state index contributed by atoms with van der Waals surface area (Å²) in [6, 6.07) is 5.02. The number of rotatable bonds is 6. The molecule has 0 aliphatic carbocycles. The van der Waals surface area contributed by atoms with E-state index in [1.54, 1.807) is 32.4 Å². The fourth-order valence-corrected chi connectivity index (χ4v) is 4.39. The van der Waals surface area contributed by atoms with Crippen LogP contribution in [0.25, 0.3) is 0 Å². The zero-order valence-electron chi connectivity index (χ0n) is 13.3. The van der Waals surface area contributed by atoms with Crippen LogP contribution in [0, 0.1) is 5.92 Å². The Bertz CT molecular complexity index is 660. The first kappa shape index (κ1) is 17.4. The highest BCUT2D eigenvalue weighted by molar-refractivity contribution is 7.91. The Kier molecular flexibility index (Phi) is 5.70. The minimum absolute atomic E-state index is 0.00268. The number of carbonyl (C=O) groups is 1. The number of ether oxygens (including phenoxy) is 2. The molecule has 1 heterocycles. The number of carbonyl (C=O) groups excluding carboxylic acids is 1. The number of methoxy groups -OCH3 is 2. The Morgan fingerprint density at radius 2 is 2.04 bits per heavy atom. The molecule has 1 aromatic rings. The van der Waals surface area contributed by atoms with Gasteiger partial charge in [-0.2, -0.15) is 0 Å². The lowest BCUT2D eigenvalue weighted by molar-refractivity contribution is 0.239. The maximum Gasteiger partial charge on any atom is 0.315 e. The lowest BCUT2D eigenvalue weighted by Crippen LogP contribution is -2.38. The largest absolute Gasteiger partial charge is 0.497 e. The van der Waals surface area contributed by atoms with Crippen LogP contribution in [0.4, 0.5) is 4.79 Å². The number of benzene rings is 1. The van der Waals surface area contributed by atoms with E-state index in [1.165, 1.54) is 0 Å². The van der Waals surface area contributed by atoms with E-state index in [0.29, 0.717) is 24.5 Å². The van der Waals surface area contributed by atoms with Gasteiger partial charge in [0, 0.05) is 18.7 Å². The average molecular weight is 342 g/mol. The molecule has 2 N–H and O–H groups in total. The molecule has 128 valence electrons. The van der Waals surface area contributed by atoms with Crippen molar-refractivity contribution in [1.29, 1.82) is 0 Å². The third kappa shape index (κ3) is 5.02. The molecule has 2 rings (SSSR count). The molecule has 23 heavy (non-hydrogen) atoms. The van der Waals surface area contributed by atoms with Gasteiger partial charge in [-0.1, -0.05) is 0 Å². The van der Waals surface area contributed by atoms with E-state index in [9.17, 15) is 13.2 Å². The second-order valence-corrected chi connectivity index (χ2v) is 7.74. The Morgan fingerprint density at radius 1 is 1.26 bits per heavy atom. The zero-order valence-corrected chi connectivity index (χ0v) is 14.1. The van der Waals surface area contributed by atoms with Gasteiger partial charge in [0.15, 0.2) is 9.84 Å². The molecule has 0 saturated carbocycles. The van der Waals surface area contributed by atoms with Crippen molar-refractivity contribution in [3.8, 4) is 11.5 Å². The number of sulfone groups is 1. The van der Waals surface area contributed by atoms with Crippen molar-refractivity contribution in [2.45, 2.75) is 13.0 Å². The summed E-state index contributed by atoms with van der Waals surface area (Å²) in [5.74, 6) is 1.70. The molecule has 0 radical (unpaired) electrons. The molecule has 1 aliphatic rings. The van der Waals surface area contributed by atoms with E-state index in [-0.39, 0.29) is 30.0 Å². The van der Waals surface area contributed by atoms with E-state index in [4.69, 9.17) is 9.47 Å². The summed E-state index contributed by atoms with van der Waals surface area (Å²) in [5.41, 5.74) is 0.797. The summed E-state index contributed by atoms with van der Waals surface area (Å²) in [5, 5.41) is 5.45. The smallest absolute Gasteiger partial charge is 0.315 e. The number of hydrogen-bond acceptors (Lipinski definition) is 5. The molecule has 1 atom stereocenters. The van der Waals surface area contributed by atoms with Crippen LogP contribution < -0.4 is 20.1 Å². The van der Waals surface area contributed by atoms with Crippen molar-refractivity contribution in [2.75, 3.05) is 32.3 Å². The first-order valence-electron chi connectivity index (χ1n) is 7.36. The van der Waals surface area contributed by atoms with Crippen molar-refractivity contribution >= 4 is 15.9 Å². The number of hydrogen-bond donors (Lipinski definition) is 2. The minimum Gasteiger partial charge on any atom is -0.497 e. The highest BCUT2D eigenvalue weighted by Gasteiger charge is 2.27. The van der Waals surface area contributed by atoms with Crippen molar-refractivity contribution in [3.05, 3.63) is 23.8 Å². The van der Waals surface area contributed by atoms with Gasteiger partial charge in [0.2, 0.25) is 0 Å². The van der Waals surface area contributed by atoms with Gasteiger partial charge >= 0.3 is 6.03 Å². The highest BCUT2D eigenvalue weighted by Crippen LogP contribution is 2.23. The molecule has 1 aromatic carbocycles. The lowest BCUT2D eigenvalue weighted by Gasteiger charge is -2.13. The zero-order chi connectivity index (χ0) is 16.9. The van der Waals surface area contributed by atoms with Crippen LogP contribution >= 0.6 is 0 Å². The van der Waals surface area contributed by atoms with Gasteiger partial charge in [0.1, 0.15) is 11.5 Å². The predicted molar refractivity (Wildman–Crippen MR) is 86.5 cm³/mol. The van der Waals surface area contributed by atoms with Crippen LogP contribution in [0.5, 0.6) is 11.5 Å². The molecule has 1 aliphatic heterocycles. The summed E-state index contributed by atoms with van der Waals surface area (Å²) in [6.07, 6.45) is 0.603. The molecule has 0 spiro atoms. The second-order valence-electron chi connectivity index (χ2n) is 5.51. The summed E-state index contributed by atoms with van der Waals surface area (Å²) >= 11 is 0. The number of nitrogens with one attached hydrogen (secondary N) is 2. The molecular weight excluding hydrogens is 320 g/mol. The van der Waals surface area contributed by atoms with Gasteiger partial charge in [-0.25, -0.2) is 13.2 Å². The van der Waals surface area contributed by atoms with E-state index < -0.39 is 9.84 Å². The van der Waals surface area contributed by atoms with E-state index >= 15 is 0 Å². The highest BCUT2D eigenvalue weighted by atomic mass is 32.2. The monoisotopic (exact) mass is 342 g/mol. The second kappa shape index (κ2) is 7.54. The number of amides is 2. The van der Waals surface area contributed by atoms with Crippen LogP contribution in [0.15, 0.2) is 18.2 Å². The first-order valence-corrected chi connectivity index (χ1v) is 9.18. The molecule has 8 heteroatoms. The van der Waals surface area contributed by atoms with E-state index in [1.807, 2.05) is 0 Å². The Hall–Kier alpha value is -1.96. The van der Waals surface area contributed by atoms with Crippen molar-refractivity contribution < 1.29 is 22.7 Å². The van der Waals surface area contributed by atoms with Crippen LogP contribution in [0.1, 0.15) is 12.0 Å². The summed E-state index contributed by atoms with van der Waals surface area (Å²) in [6.45, 7) is 0.648. The third-order valence-electron chi connectivity index (χ3n) is 3.80. The number of urea groups is 1. The molecule has 7 nitrogen and oxygen atoms in total. The summed E-state index contributed by atoms with van der Waals surface area (Å²) in [4.78, 5) is 11.8. The molecular formula is C15H22N2O5S. The normalized spacial score (nSPS) is 19.1. The molecule has 1 fully saturated rings. The maximum atomic E-state index is 11.8. The Balaban J connectivity index is 1.82. The maximum absolute atomic E-state index is 11.8. The standard InChI is InChI=1S/C15H22N2O5S/c1-21-13-3-4-14(22-2)12(7-13)9-17-15(18)16-8-11-5-6-23(19,20)10-11/h3-4,7,11H,5-6,8-10H2,1-2H3,(H2,16,17,18)/t11-/m1/s1. The Labute approximate surface area is 136 Å². The van der Waals surface area contributed by atoms with Crippen LogP contribution in [0.3, 0.4) is 0 Å². The van der Waals surface area contributed by atoms with Crippen molar-refractivity contribution in [2.24, 2.45) is 5.92 Å². The van der Waals surface area contributed by atoms with E-state index in [2.05, 4.69) is 10.6 Å². The minimum atomic E-state index is -2.92. The fraction of sp³-hybridized carbons (Fsp3) is 0.533. The topological polar surface area (TPSA) is 93.7 Å². The van der Waals surface area contributed by atoms with Crippen molar-refractivity contribution in [3.63, 3.8) is 0 Å². The summed E-state index contributed by atoms with van der Waals surface area (Å²) < 4.78 is 33.1. The van der Waals surface area contributed by atoms with Gasteiger partial charge < -0.3 is 20.1 Å². The van der Waals surface area contributed by atoms with Crippen LogP contribution in [-0.4, -0.2) is 46.7 Å². The molecule has 1 saturated heterocycles. The molecule has 0 unspecified atom stereocenters.